The van der Waals surface area contributed by atoms with Crippen molar-refractivity contribution < 1.29 is 35.8 Å². The molecule has 0 saturated heterocycles. The van der Waals surface area contributed by atoms with Gasteiger partial charge in [-0.15, -0.1) is 0 Å². The number of rotatable bonds is 19. The van der Waals surface area contributed by atoms with E-state index in [-0.39, 0.29) is 5.57 Å². The van der Waals surface area contributed by atoms with E-state index in [1.807, 2.05) is 0 Å². The maximum atomic E-state index is 11.8. The van der Waals surface area contributed by atoms with E-state index in [4.69, 9.17) is 25.9 Å². The van der Waals surface area contributed by atoms with Crippen molar-refractivity contribution in [2.45, 2.75) is 130 Å². The highest BCUT2D eigenvalue weighted by Crippen LogP contribution is 2.29. The van der Waals surface area contributed by atoms with Crippen LogP contribution >= 0.6 is 0 Å². The summed E-state index contributed by atoms with van der Waals surface area (Å²) in [7, 11) is -10.4. The molecule has 0 aromatic carbocycles. The van der Waals surface area contributed by atoms with E-state index in [2.05, 4.69) is 79.0 Å². The summed E-state index contributed by atoms with van der Waals surface area (Å²) < 4.78 is 37.2. The van der Waals surface area contributed by atoms with Gasteiger partial charge in [-0.2, -0.15) is 0 Å². The Balaban J connectivity index is 5.00. The summed E-state index contributed by atoms with van der Waals surface area (Å²) in [5, 5.41) is 9.91. The van der Waals surface area contributed by atoms with Crippen molar-refractivity contribution in [3.63, 3.8) is 0 Å². The number of hydrogen-bond acceptors (Lipinski definition) is 8. The van der Waals surface area contributed by atoms with Gasteiger partial charge in [0.25, 0.3) is 0 Å². The van der Waals surface area contributed by atoms with Crippen LogP contribution in [0.1, 0.15) is 46.5 Å². The lowest BCUT2D eigenvalue weighted by molar-refractivity contribution is -0.197. The summed E-state index contributed by atoms with van der Waals surface area (Å²) in [6, 6.07) is 0. The van der Waals surface area contributed by atoms with Crippen molar-refractivity contribution in [1.29, 1.82) is 0 Å². The molecule has 0 aliphatic heterocycles. The number of hydrogen-bond donors (Lipinski definition) is 1. The van der Waals surface area contributed by atoms with Gasteiger partial charge in [-0.25, -0.2) is 4.79 Å². The molecule has 0 spiro atoms. The summed E-state index contributed by atoms with van der Waals surface area (Å²) in [4.78, 5) is 11.8. The number of ether oxygens (including phenoxy) is 2. The predicted molar refractivity (Wildman–Crippen MR) is 163 cm³/mol. The molecule has 0 radical (unpaired) electrons. The Kier molecular flexibility index (Phi) is 15.8. The molecule has 0 bridgehead atoms. The minimum absolute atomic E-state index is 0.273. The summed E-state index contributed by atoms with van der Waals surface area (Å²) in [6.45, 7) is 30.7. The van der Waals surface area contributed by atoms with E-state index in [0.29, 0.717) is 12.1 Å². The van der Waals surface area contributed by atoms with Gasteiger partial charge < -0.3 is 31.0 Å². The first-order valence-corrected chi connectivity index (χ1v) is 27.7. The lowest BCUT2D eigenvalue weighted by Crippen LogP contribution is -2.57. The Morgan fingerprint density at radius 2 is 1.43 bits per heavy atom. The fraction of sp³-hybridized carbons (Fsp3) is 0.875. The van der Waals surface area contributed by atoms with Gasteiger partial charge in [0.2, 0.25) is 6.29 Å². The lowest BCUT2D eigenvalue weighted by atomic mass is 10.1. The first-order chi connectivity index (χ1) is 16.6. The number of carbonyl (C=O) groups excluding carboxylic acids is 1. The van der Waals surface area contributed by atoms with Gasteiger partial charge in [0.05, 0.1) is 6.61 Å². The standard InChI is InChI=1S/C24H56O8Si5/c1-15-17-22(18-16-19-27-24(21(4)25)28-23(26)20(2)3)33(5)29-35(9,10)31-37(13,14)32-36(11,12)30-34(6,7)8/h21-22,24-25,33H,2,15-19H2,1,3-14H3. The molecule has 37 heavy (non-hydrogen) atoms. The largest absolute Gasteiger partial charge is 0.439 e. The molecule has 220 valence electrons. The zero-order chi connectivity index (χ0) is 29.2. The highest BCUT2D eigenvalue weighted by molar-refractivity contribution is 6.89. The maximum absolute atomic E-state index is 11.8. The predicted octanol–water partition coefficient (Wildman–Crippen LogP) is 6.14. The molecule has 13 heteroatoms. The number of aliphatic hydroxyl groups excluding tert-OH is 1. The number of esters is 1. The van der Waals surface area contributed by atoms with E-state index in [1.54, 1.807) is 13.8 Å². The Bertz CT molecular complexity index is 710. The van der Waals surface area contributed by atoms with Crippen LogP contribution in [0.25, 0.3) is 0 Å². The molecule has 0 amide bonds. The molecular weight excluding hydrogens is 557 g/mol. The summed E-state index contributed by atoms with van der Waals surface area (Å²) in [6.07, 6.45) is 1.99. The normalized spacial score (nSPS) is 16.7. The van der Waals surface area contributed by atoms with Crippen LogP contribution in [0.5, 0.6) is 0 Å². The minimum atomic E-state index is -2.44. The SMILES string of the molecule is C=C(C)C(=O)OC(OCCCC(CCC)[SiH](C)O[Si](C)(C)O[Si](C)(C)O[Si](C)(C)O[Si](C)(C)C)C(C)O. The van der Waals surface area contributed by atoms with E-state index in [1.165, 1.54) is 0 Å². The highest BCUT2D eigenvalue weighted by atomic mass is 28.5. The topological polar surface area (TPSA) is 92.7 Å². The van der Waals surface area contributed by atoms with Gasteiger partial charge in [-0.05, 0) is 97.7 Å². The van der Waals surface area contributed by atoms with Crippen LogP contribution < -0.4 is 0 Å². The Hall–Kier alpha value is 0.0544. The molecule has 0 saturated carbocycles. The quantitative estimate of drug-likeness (QED) is 0.0611. The van der Waals surface area contributed by atoms with Crippen molar-refractivity contribution in [3.8, 4) is 0 Å². The Morgan fingerprint density at radius 1 is 0.919 bits per heavy atom. The molecule has 0 aliphatic rings. The first kappa shape index (κ1) is 37.1. The monoisotopic (exact) mass is 612 g/mol. The van der Waals surface area contributed by atoms with Gasteiger partial charge in [-0.3, -0.25) is 0 Å². The third-order valence-corrected chi connectivity index (χ3v) is 23.3. The summed E-state index contributed by atoms with van der Waals surface area (Å²) in [5.41, 5.74) is 0.744. The fourth-order valence-corrected chi connectivity index (χ4v) is 27.5. The van der Waals surface area contributed by atoms with Crippen LogP contribution in [0.4, 0.5) is 0 Å². The molecule has 1 N–H and O–H groups in total. The molecule has 0 fully saturated rings. The third-order valence-electron chi connectivity index (χ3n) is 5.30. The Labute approximate surface area is 233 Å². The van der Waals surface area contributed by atoms with Crippen molar-refractivity contribution in [2.75, 3.05) is 6.61 Å². The van der Waals surface area contributed by atoms with Crippen molar-refractivity contribution in [3.05, 3.63) is 12.2 Å². The zero-order valence-corrected chi connectivity index (χ0v) is 31.0. The molecule has 0 rings (SSSR count). The van der Waals surface area contributed by atoms with Crippen molar-refractivity contribution in [2.24, 2.45) is 0 Å². The van der Waals surface area contributed by atoms with Crippen LogP contribution in [0, 0.1) is 0 Å². The lowest BCUT2D eigenvalue weighted by Gasteiger charge is -2.41. The second-order valence-corrected chi connectivity index (χ2v) is 30.7. The molecule has 0 aromatic heterocycles. The van der Waals surface area contributed by atoms with Gasteiger partial charge in [-0.1, -0.05) is 26.3 Å². The fourth-order valence-electron chi connectivity index (χ4n) is 4.54. The van der Waals surface area contributed by atoms with E-state index >= 15 is 0 Å². The molecule has 0 heterocycles. The van der Waals surface area contributed by atoms with E-state index in [0.717, 1.165) is 25.7 Å². The van der Waals surface area contributed by atoms with E-state index in [9.17, 15) is 9.90 Å². The van der Waals surface area contributed by atoms with Crippen LogP contribution in [0.2, 0.25) is 71.0 Å². The number of carbonyl (C=O) groups is 1. The van der Waals surface area contributed by atoms with Crippen molar-refractivity contribution >= 4 is 49.0 Å². The molecule has 0 aliphatic carbocycles. The average Bonchev–Trinajstić information content (AvgIpc) is 2.64. The van der Waals surface area contributed by atoms with Gasteiger partial charge in [0.1, 0.15) is 6.10 Å². The molecule has 4 atom stereocenters. The number of aliphatic hydroxyl groups is 1. The van der Waals surface area contributed by atoms with Crippen LogP contribution in [0.15, 0.2) is 12.2 Å². The zero-order valence-electron chi connectivity index (χ0n) is 25.9. The Morgan fingerprint density at radius 3 is 1.89 bits per heavy atom. The van der Waals surface area contributed by atoms with Gasteiger partial charge in [0.15, 0.2) is 17.4 Å². The smallest absolute Gasteiger partial charge is 0.335 e. The second kappa shape index (κ2) is 15.7. The molecular formula is C24H56O8Si5. The molecule has 4 unspecified atom stereocenters. The van der Waals surface area contributed by atoms with Crippen LogP contribution in [0.3, 0.4) is 0 Å². The first-order valence-electron chi connectivity index (χ1n) is 13.5. The highest BCUT2D eigenvalue weighted by Gasteiger charge is 2.44. The summed E-state index contributed by atoms with van der Waals surface area (Å²) >= 11 is 0. The van der Waals surface area contributed by atoms with Gasteiger partial charge >= 0.3 is 31.7 Å². The van der Waals surface area contributed by atoms with Crippen LogP contribution in [-0.2, 0) is 30.7 Å². The third kappa shape index (κ3) is 17.4. The van der Waals surface area contributed by atoms with Gasteiger partial charge in [0, 0.05) is 5.57 Å². The minimum Gasteiger partial charge on any atom is -0.439 e. The maximum Gasteiger partial charge on any atom is 0.335 e. The molecule has 8 nitrogen and oxygen atoms in total. The van der Waals surface area contributed by atoms with Crippen LogP contribution in [-0.4, -0.2) is 73.1 Å². The second-order valence-electron chi connectivity index (χ2n) is 12.3. The van der Waals surface area contributed by atoms with E-state index < -0.39 is 61.4 Å². The summed E-state index contributed by atoms with van der Waals surface area (Å²) in [5.74, 6) is -0.565. The van der Waals surface area contributed by atoms with Crippen molar-refractivity contribution in [1.82, 2.24) is 0 Å². The average molecular weight is 613 g/mol. The molecule has 0 aromatic rings.